The largest absolute Gasteiger partial charge is 0.444 e. The smallest absolute Gasteiger partial charge is 0.407 e. The Balaban J connectivity index is 2.92. The highest BCUT2D eigenvalue weighted by atomic mass is 28.4. The van der Waals surface area contributed by atoms with Crippen LogP contribution in [0.4, 0.5) is 4.79 Å². The molecule has 1 saturated carbocycles. The van der Waals surface area contributed by atoms with E-state index in [1.54, 1.807) is 0 Å². The Hall–Kier alpha value is -0.593. The fourth-order valence-corrected chi connectivity index (χ4v) is 4.77. The second-order valence-electron chi connectivity index (χ2n) is 10.6. The molecule has 1 amide bonds. The van der Waals surface area contributed by atoms with Gasteiger partial charge in [-0.3, -0.25) is 0 Å². The fraction of sp³-hybridized carbons (Fsp3) is 0.952. The Morgan fingerprint density at radius 2 is 1.67 bits per heavy atom. The van der Waals surface area contributed by atoms with E-state index < -0.39 is 13.9 Å². The van der Waals surface area contributed by atoms with Crippen molar-refractivity contribution in [3.8, 4) is 0 Å². The first-order chi connectivity index (χ1) is 12.2. The summed E-state index contributed by atoms with van der Waals surface area (Å²) in [7, 11) is -1.99. The molecule has 2 atom stereocenters. The molecular weight excluding hydrogens is 356 g/mol. The molecule has 27 heavy (non-hydrogen) atoms. The molecule has 3 N–H and O–H groups in total. The highest BCUT2D eigenvalue weighted by Gasteiger charge is 2.41. The molecule has 0 bridgehead atoms. The fourth-order valence-electron chi connectivity index (χ4n) is 3.39. The van der Waals surface area contributed by atoms with Crippen LogP contribution in [0.3, 0.4) is 0 Å². The minimum atomic E-state index is -1.99. The normalized spacial score (nSPS) is 19.4. The molecule has 0 aromatic heterocycles. The van der Waals surface area contributed by atoms with Crippen LogP contribution >= 0.6 is 0 Å². The predicted molar refractivity (Wildman–Crippen MR) is 115 cm³/mol. The van der Waals surface area contributed by atoms with Gasteiger partial charge in [-0.1, -0.05) is 52.9 Å². The summed E-state index contributed by atoms with van der Waals surface area (Å²) in [6, 6.07) is -0.109. The molecule has 0 radical (unpaired) electrons. The third-order valence-corrected chi connectivity index (χ3v) is 10.5. The maximum absolute atomic E-state index is 12.5. The second kappa shape index (κ2) is 9.75. The van der Waals surface area contributed by atoms with Crippen LogP contribution in [0, 0.1) is 5.92 Å². The van der Waals surface area contributed by atoms with Crippen LogP contribution in [-0.4, -0.2) is 38.7 Å². The molecule has 1 aliphatic rings. The Morgan fingerprint density at radius 1 is 1.11 bits per heavy atom. The number of nitrogens with two attached hydrogens (primary N) is 1. The first kappa shape index (κ1) is 24.4. The molecule has 0 heterocycles. The summed E-state index contributed by atoms with van der Waals surface area (Å²) in [5.74, 6) is 0.621. The molecular formula is C21H44N2O3Si. The van der Waals surface area contributed by atoms with Gasteiger partial charge in [0.1, 0.15) is 5.60 Å². The van der Waals surface area contributed by atoms with Gasteiger partial charge in [-0.05, 0) is 51.2 Å². The summed E-state index contributed by atoms with van der Waals surface area (Å²) in [6.07, 6.45) is 6.69. The number of nitrogens with one attached hydrogen (secondary N) is 1. The first-order valence-corrected chi connectivity index (χ1v) is 13.5. The summed E-state index contributed by atoms with van der Waals surface area (Å²) in [4.78, 5) is 12.5. The van der Waals surface area contributed by atoms with Crippen molar-refractivity contribution >= 4 is 14.4 Å². The molecule has 0 saturated heterocycles. The Labute approximate surface area is 168 Å². The number of ether oxygens (including phenoxy) is 1. The van der Waals surface area contributed by atoms with E-state index in [0.717, 1.165) is 6.42 Å². The van der Waals surface area contributed by atoms with Gasteiger partial charge in [0, 0.05) is 6.54 Å². The SMILES string of the molecule is CC(C)(C)OC(=O)N[C@@H](CC1CCCCC1)[C@H](CN)O[Si](C)(C)C(C)(C)C. The number of alkyl carbamates (subject to hydrolysis) is 1. The molecule has 1 rings (SSSR count). The van der Waals surface area contributed by atoms with E-state index in [0.29, 0.717) is 12.5 Å². The topological polar surface area (TPSA) is 73.6 Å². The van der Waals surface area contributed by atoms with E-state index in [9.17, 15) is 4.79 Å². The van der Waals surface area contributed by atoms with Crippen LogP contribution in [-0.2, 0) is 9.16 Å². The zero-order chi connectivity index (χ0) is 20.9. The molecule has 0 aromatic rings. The molecule has 1 aliphatic carbocycles. The number of rotatable bonds is 7. The summed E-state index contributed by atoms with van der Waals surface area (Å²) in [5, 5.41) is 3.20. The summed E-state index contributed by atoms with van der Waals surface area (Å²) < 4.78 is 12.1. The highest BCUT2D eigenvalue weighted by Crippen LogP contribution is 2.38. The van der Waals surface area contributed by atoms with Crippen LogP contribution < -0.4 is 11.1 Å². The lowest BCUT2D eigenvalue weighted by molar-refractivity contribution is 0.0414. The van der Waals surface area contributed by atoms with Crippen LogP contribution in [0.5, 0.6) is 0 Å². The lowest BCUT2D eigenvalue weighted by atomic mass is 9.83. The number of hydrogen-bond donors (Lipinski definition) is 2. The third-order valence-electron chi connectivity index (χ3n) is 5.95. The van der Waals surface area contributed by atoms with Crippen molar-refractivity contribution in [1.29, 1.82) is 0 Å². The summed E-state index contributed by atoms with van der Waals surface area (Å²) >= 11 is 0. The van der Waals surface area contributed by atoms with Crippen LogP contribution in [0.25, 0.3) is 0 Å². The Kier molecular flexibility index (Phi) is 8.82. The van der Waals surface area contributed by atoms with Gasteiger partial charge >= 0.3 is 6.09 Å². The van der Waals surface area contributed by atoms with E-state index in [1.807, 2.05) is 20.8 Å². The number of hydrogen-bond acceptors (Lipinski definition) is 4. The Morgan fingerprint density at radius 3 is 2.11 bits per heavy atom. The van der Waals surface area contributed by atoms with Crippen molar-refractivity contribution in [3.63, 3.8) is 0 Å². The van der Waals surface area contributed by atoms with Gasteiger partial charge in [0.25, 0.3) is 0 Å². The van der Waals surface area contributed by atoms with E-state index >= 15 is 0 Å². The average Bonchev–Trinajstić information content (AvgIpc) is 2.50. The summed E-state index contributed by atoms with van der Waals surface area (Å²) in [6.45, 7) is 17.2. The first-order valence-electron chi connectivity index (χ1n) is 10.6. The van der Waals surface area contributed by atoms with Gasteiger partial charge in [-0.15, -0.1) is 0 Å². The lowest BCUT2D eigenvalue weighted by Gasteiger charge is -2.42. The van der Waals surface area contributed by atoms with Gasteiger partial charge < -0.3 is 20.2 Å². The van der Waals surface area contributed by atoms with Crippen molar-refractivity contribution in [2.75, 3.05) is 6.54 Å². The molecule has 6 heteroatoms. The summed E-state index contributed by atoms with van der Waals surface area (Å²) in [5.41, 5.74) is 5.62. The van der Waals surface area contributed by atoms with E-state index in [4.69, 9.17) is 14.9 Å². The third kappa shape index (κ3) is 8.53. The molecule has 1 fully saturated rings. The van der Waals surface area contributed by atoms with E-state index in [-0.39, 0.29) is 23.3 Å². The van der Waals surface area contributed by atoms with Gasteiger partial charge in [0.15, 0.2) is 8.32 Å². The Bertz CT molecular complexity index is 463. The second-order valence-corrected chi connectivity index (χ2v) is 15.4. The molecule has 0 spiro atoms. The van der Waals surface area contributed by atoms with Gasteiger partial charge in [-0.25, -0.2) is 4.79 Å². The van der Waals surface area contributed by atoms with Crippen LogP contribution in [0.1, 0.15) is 80.1 Å². The van der Waals surface area contributed by atoms with Crippen molar-refractivity contribution in [1.82, 2.24) is 5.32 Å². The number of carbonyl (C=O) groups is 1. The van der Waals surface area contributed by atoms with Crippen molar-refractivity contribution in [2.24, 2.45) is 11.7 Å². The monoisotopic (exact) mass is 400 g/mol. The van der Waals surface area contributed by atoms with Gasteiger partial charge in [0.2, 0.25) is 0 Å². The zero-order valence-corrected chi connectivity index (χ0v) is 20.0. The van der Waals surface area contributed by atoms with E-state index in [2.05, 4.69) is 39.2 Å². The minimum Gasteiger partial charge on any atom is -0.444 e. The van der Waals surface area contributed by atoms with Crippen LogP contribution in [0.15, 0.2) is 0 Å². The van der Waals surface area contributed by atoms with Crippen molar-refractivity contribution in [2.45, 2.75) is 116 Å². The number of amides is 1. The van der Waals surface area contributed by atoms with Crippen molar-refractivity contribution in [3.05, 3.63) is 0 Å². The van der Waals surface area contributed by atoms with Gasteiger partial charge in [0.05, 0.1) is 12.1 Å². The molecule has 0 aromatic carbocycles. The van der Waals surface area contributed by atoms with Gasteiger partial charge in [-0.2, -0.15) is 0 Å². The molecule has 160 valence electrons. The molecule has 0 aliphatic heterocycles. The quantitative estimate of drug-likeness (QED) is 0.576. The molecule has 5 nitrogen and oxygen atoms in total. The maximum atomic E-state index is 12.5. The number of carbonyl (C=O) groups excluding carboxylic acids is 1. The predicted octanol–water partition coefficient (Wildman–Crippen LogP) is 5.20. The lowest BCUT2D eigenvalue weighted by Crippen LogP contribution is -2.55. The minimum absolute atomic E-state index is 0.0989. The molecule has 0 unspecified atom stereocenters. The zero-order valence-electron chi connectivity index (χ0n) is 19.0. The van der Waals surface area contributed by atoms with Crippen LogP contribution in [0.2, 0.25) is 18.1 Å². The highest BCUT2D eigenvalue weighted by molar-refractivity contribution is 6.74. The average molecular weight is 401 g/mol. The standard InChI is InChI=1S/C21H44N2O3Si/c1-20(2,3)25-19(24)23-17(14-16-12-10-9-11-13-16)18(15-22)26-27(7,8)21(4,5)6/h16-18H,9-15,22H2,1-8H3,(H,23,24)/t17-,18-/m0/s1. The van der Waals surface area contributed by atoms with Crippen molar-refractivity contribution < 1.29 is 14.0 Å². The maximum Gasteiger partial charge on any atom is 0.407 e. The van der Waals surface area contributed by atoms with E-state index in [1.165, 1.54) is 32.1 Å².